The van der Waals surface area contributed by atoms with Gasteiger partial charge in [0.2, 0.25) is 0 Å². The zero-order valence-electron chi connectivity index (χ0n) is 8.20. The van der Waals surface area contributed by atoms with Gasteiger partial charge in [0.25, 0.3) is 0 Å². The fourth-order valence-corrected chi connectivity index (χ4v) is 3.04. The minimum absolute atomic E-state index is 0.751. The largest absolute Gasteiger partial charge is 0.316 e. The SMILES string of the molecule is C1CC(c2nnc(CC3CNC3)s2)C1. The Morgan fingerprint density at radius 2 is 2.14 bits per heavy atom. The molecule has 0 radical (unpaired) electrons. The molecule has 3 nitrogen and oxygen atoms in total. The van der Waals surface area contributed by atoms with Gasteiger partial charge in [0.1, 0.15) is 10.0 Å². The molecule has 1 saturated heterocycles. The maximum atomic E-state index is 4.30. The number of hydrogen-bond donors (Lipinski definition) is 1. The van der Waals surface area contributed by atoms with E-state index in [2.05, 4.69) is 15.5 Å². The third-order valence-electron chi connectivity index (χ3n) is 3.27. The van der Waals surface area contributed by atoms with Crippen LogP contribution in [0.4, 0.5) is 0 Å². The van der Waals surface area contributed by atoms with Crippen LogP contribution in [0.15, 0.2) is 0 Å². The van der Waals surface area contributed by atoms with Crippen molar-refractivity contribution < 1.29 is 0 Å². The molecule has 2 fully saturated rings. The van der Waals surface area contributed by atoms with Crippen molar-refractivity contribution in [3.63, 3.8) is 0 Å². The van der Waals surface area contributed by atoms with E-state index in [9.17, 15) is 0 Å². The second-order valence-electron chi connectivity index (χ2n) is 4.39. The van der Waals surface area contributed by atoms with Crippen LogP contribution in [0.5, 0.6) is 0 Å². The number of nitrogens with zero attached hydrogens (tertiary/aromatic N) is 2. The molecule has 1 saturated carbocycles. The second kappa shape index (κ2) is 3.59. The van der Waals surface area contributed by atoms with Crippen LogP contribution in [0.25, 0.3) is 0 Å². The second-order valence-corrected chi connectivity index (χ2v) is 5.48. The summed E-state index contributed by atoms with van der Waals surface area (Å²) in [5.41, 5.74) is 0. The Balaban J connectivity index is 1.63. The first kappa shape index (κ1) is 8.80. The summed E-state index contributed by atoms with van der Waals surface area (Å²) in [5.74, 6) is 1.57. The molecule has 1 N–H and O–H groups in total. The molecular weight excluding hydrogens is 194 g/mol. The summed E-state index contributed by atoms with van der Waals surface area (Å²) in [6.07, 6.45) is 5.18. The Morgan fingerprint density at radius 1 is 1.29 bits per heavy atom. The number of rotatable bonds is 3. The molecule has 0 bridgehead atoms. The van der Waals surface area contributed by atoms with Gasteiger partial charge in [-0.15, -0.1) is 21.5 Å². The van der Waals surface area contributed by atoms with Gasteiger partial charge in [0, 0.05) is 12.3 Å². The van der Waals surface area contributed by atoms with E-state index >= 15 is 0 Å². The summed E-state index contributed by atoms with van der Waals surface area (Å²) >= 11 is 1.84. The highest BCUT2D eigenvalue weighted by Gasteiger charge is 2.25. The van der Waals surface area contributed by atoms with E-state index in [0.29, 0.717) is 0 Å². The average Bonchev–Trinajstić information content (AvgIpc) is 2.42. The maximum Gasteiger partial charge on any atom is 0.120 e. The first-order valence-electron chi connectivity index (χ1n) is 5.45. The molecule has 3 rings (SSSR count). The Morgan fingerprint density at radius 3 is 2.71 bits per heavy atom. The van der Waals surface area contributed by atoms with E-state index in [1.54, 1.807) is 0 Å². The summed E-state index contributed by atoms with van der Waals surface area (Å²) in [7, 11) is 0. The highest BCUT2D eigenvalue weighted by molar-refractivity contribution is 7.11. The van der Waals surface area contributed by atoms with Crippen molar-refractivity contribution in [2.24, 2.45) is 5.92 Å². The van der Waals surface area contributed by atoms with Crippen LogP contribution in [0.3, 0.4) is 0 Å². The zero-order chi connectivity index (χ0) is 9.38. The zero-order valence-corrected chi connectivity index (χ0v) is 9.02. The van der Waals surface area contributed by atoms with Gasteiger partial charge in [-0.1, -0.05) is 6.42 Å². The van der Waals surface area contributed by atoms with Gasteiger partial charge < -0.3 is 5.32 Å². The molecule has 76 valence electrons. The third-order valence-corrected chi connectivity index (χ3v) is 4.37. The fraction of sp³-hybridized carbons (Fsp3) is 0.800. The maximum absolute atomic E-state index is 4.30. The Hall–Kier alpha value is -0.480. The Bertz CT molecular complexity index is 315. The Labute approximate surface area is 87.9 Å². The normalized spacial score (nSPS) is 23.1. The van der Waals surface area contributed by atoms with Crippen LogP contribution in [-0.4, -0.2) is 23.3 Å². The monoisotopic (exact) mass is 209 g/mol. The molecule has 2 aliphatic rings. The van der Waals surface area contributed by atoms with E-state index in [-0.39, 0.29) is 0 Å². The predicted molar refractivity (Wildman–Crippen MR) is 56.6 cm³/mol. The number of hydrogen-bond acceptors (Lipinski definition) is 4. The van der Waals surface area contributed by atoms with Gasteiger partial charge in [-0.25, -0.2) is 0 Å². The Kier molecular flexibility index (Phi) is 2.25. The summed E-state index contributed by atoms with van der Waals surface area (Å²) in [6, 6.07) is 0. The molecule has 0 amide bonds. The fourth-order valence-electron chi connectivity index (χ4n) is 1.91. The minimum Gasteiger partial charge on any atom is -0.316 e. The standard InChI is InChI=1S/C10H15N3S/c1-2-8(3-1)10-13-12-9(14-10)4-7-5-11-6-7/h7-8,11H,1-6H2. The number of nitrogens with one attached hydrogen (secondary N) is 1. The van der Waals surface area contributed by atoms with Crippen molar-refractivity contribution in [2.45, 2.75) is 31.6 Å². The molecule has 2 heterocycles. The topological polar surface area (TPSA) is 37.8 Å². The first-order valence-corrected chi connectivity index (χ1v) is 6.26. The third kappa shape index (κ3) is 1.57. The lowest BCUT2D eigenvalue weighted by Gasteiger charge is -2.25. The van der Waals surface area contributed by atoms with Crippen LogP contribution in [0.1, 0.15) is 35.2 Å². The lowest BCUT2D eigenvalue weighted by atomic mass is 9.86. The smallest absolute Gasteiger partial charge is 0.120 e. The summed E-state index contributed by atoms with van der Waals surface area (Å²) in [4.78, 5) is 0. The molecule has 1 aromatic heterocycles. The minimum atomic E-state index is 0.751. The summed E-state index contributed by atoms with van der Waals surface area (Å²) < 4.78 is 0. The van der Waals surface area contributed by atoms with E-state index in [1.807, 2.05) is 11.3 Å². The lowest BCUT2D eigenvalue weighted by molar-refractivity contribution is 0.345. The molecule has 14 heavy (non-hydrogen) atoms. The van der Waals surface area contributed by atoms with E-state index < -0.39 is 0 Å². The number of aromatic nitrogens is 2. The molecular formula is C10H15N3S. The average molecular weight is 209 g/mol. The van der Waals surface area contributed by atoms with Crippen LogP contribution in [-0.2, 0) is 6.42 Å². The molecule has 0 spiro atoms. The van der Waals surface area contributed by atoms with Crippen molar-refractivity contribution >= 4 is 11.3 Å². The molecule has 4 heteroatoms. The summed E-state index contributed by atoms with van der Waals surface area (Å²) in [5, 5.41) is 14.4. The van der Waals surface area contributed by atoms with E-state index in [4.69, 9.17) is 0 Å². The van der Waals surface area contributed by atoms with Crippen molar-refractivity contribution in [3.05, 3.63) is 10.0 Å². The predicted octanol–water partition coefficient (Wildman–Crippen LogP) is 1.57. The van der Waals surface area contributed by atoms with Crippen molar-refractivity contribution in [2.75, 3.05) is 13.1 Å². The van der Waals surface area contributed by atoms with Crippen molar-refractivity contribution in [3.8, 4) is 0 Å². The van der Waals surface area contributed by atoms with Gasteiger partial charge in [-0.3, -0.25) is 0 Å². The van der Waals surface area contributed by atoms with Gasteiger partial charge in [0.05, 0.1) is 0 Å². The van der Waals surface area contributed by atoms with Gasteiger partial charge >= 0.3 is 0 Å². The molecule has 1 aromatic rings. The van der Waals surface area contributed by atoms with Crippen LogP contribution >= 0.6 is 11.3 Å². The van der Waals surface area contributed by atoms with E-state index in [1.165, 1.54) is 42.4 Å². The molecule has 0 unspecified atom stereocenters. The first-order chi connectivity index (χ1) is 6.92. The molecule has 1 aliphatic carbocycles. The molecule has 1 aliphatic heterocycles. The highest BCUT2D eigenvalue weighted by atomic mass is 32.1. The highest BCUT2D eigenvalue weighted by Crippen LogP contribution is 2.37. The van der Waals surface area contributed by atoms with Crippen molar-refractivity contribution in [1.82, 2.24) is 15.5 Å². The summed E-state index contributed by atoms with van der Waals surface area (Å²) in [6.45, 7) is 2.33. The van der Waals surface area contributed by atoms with Gasteiger partial charge in [-0.2, -0.15) is 0 Å². The molecule has 0 aromatic carbocycles. The van der Waals surface area contributed by atoms with Gasteiger partial charge in [-0.05, 0) is 31.8 Å². The van der Waals surface area contributed by atoms with Crippen LogP contribution < -0.4 is 5.32 Å². The lowest BCUT2D eigenvalue weighted by Crippen LogP contribution is -2.43. The van der Waals surface area contributed by atoms with Gasteiger partial charge in [0.15, 0.2) is 0 Å². The van der Waals surface area contributed by atoms with Crippen LogP contribution in [0, 0.1) is 5.92 Å². The molecule has 0 atom stereocenters. The quantitative estimate of drug-likeness (QED) is 0.821. The van der Waals surface area contributed by atoms with E-state index in [0.717, 1.165) is 18.3 Å². The van der Waals surface area contributed by atoms with Crippen LogP contribution in [0.2, 0.25) is 0 Å². The van der Waals surface area contributed by atoms with Crippen molar-refractivity contribution in [1.29, 1.82) is 0 Å².